The predicted molar refractivity (Wildman–Crippen MR) is 85.0 cm³/mol. The minimum Gasteiger partial charge on any atom is -0.478 e. The first-order chi connectivity index (χ1) is 9.88. The van der Waals surface area contributed by atoms with Crippen molar-refractivity contribution >= 4 is 33.5 Å². The van der Waals surface area contributed by atoms with Crippen molar-refractivity contribution in [3.8, 4) is 0 Å². The first kappa shape index (κ1) is 15.3. The van der Waals surface area contributed by atoms with Crippen LogP contribution in [0.1, 0.15) is 31.8 Å². The van der Waals surface area contributed by atoms with E-state index in [0.717, 1.165) is 15.6 Å². The number of carboxylic acid groups (broad SMARTS) is 1. The molecule has 0 bridgehead atoms. The molecule has 0 heterocycles. The second-order valence-corrected chi connectivity index (χ2v) is 5.63. The number of hydrogen-bond acceptors (Lipinski definition) is 2. The number of hydrogen-bond donors (Lipinski definition) is 2. The number of amides is 1. The molecule has 0 unspecified atom stereocenters. The zero-order chi connectivity index (χ0) is 15.6. The number of anilines is 1. The summed E-state index contributed by atoms with van der Waals surface area (Å²) >= 11 is 3.43. The van der Waals surface area contributed by atoms with E-state index in [4.69, 9.17) is 5.11 Å². The molecule has 0 aliphatic carbocycles. The van der Waals surface area contributed by atoms with E-state index < -0.39 is 5.97 Å². The number of rotatable bonds is 3. The van der Waals surface area contributed by atoms with Gasteiger partial charge in [0, 0.05) is 10.0 Å². The molecule has 2 N–H and O–H groups in total. The van der Waals surface area contributed by atoms with Crippen molar-refractivity contribution < 1.29 is 14.7 Å². The summed E-state index contributed by atoms with van der Waals surface area (Å²) in [5.74, 6) is -1.40. The Morgan fingerprint density at radius 1 is 1.10 bits per heavy atom. The van der Waals surface area contributed by atoms with Crippen molar-refractivity contribution in [3.63, 3.8) is 0 Å². The van der Waals surface area contributed by atoms with Gasteiger partial charge in [-0.15, -0.1) is 0 Å². The first-order valence-electron chi connectivity index (χ1n) is 6.30. The van der Waals surface area contributed by atoms with E-state index in [1.807, 2.05) is 26.0 Å². The summed E-state index contributed by atoms with van der Waals surface area (Å²) in [6, 6.07) is 9.82. The summed E-state index contributed by atoms with van der Waals surface area (Å²) in [5, 5.41) is 11.8. The molecule has 0 spiro atoms. The van der Waals surface area contributed by atoms with E-state index in [0.29, 0.717) is 11.3 Å². The summed E-state index contributed by atoms with van der Waals surface area (Å²) in [7, 11) is 0. The number of aryl methyl sites for hydroxylation is 2. The molecule has 0 atom stereocenters. The Labute approximate surface area is 130 Å². The van der Waals surface area contributed by atoms with Gasteiger partial charge >= 0.3 is 5.97 Å². The van der Waals surface area contributed by atoms with E-state index >= 15 is 0 Å². The summed E-state index contributed by atoms with van der Waals surface area (Å²) < 4.78 is 0.794. The SMILES string of the molecule is Cc1cc(C)c(NC(=O)c2cccc(C(=O)O)c2)c(Br)c1. The van der Waals surface area contributed by atoms with Crippen LogP contribution in [0.2, 0.25) is 0 Å². The lowest BCUT2D eigenvalue weighted by Gasteiger charge is -2.12. The van der Waals surface area contributed by atoms with Gasteiger partial charge in [0.05, 0.1) is 11.3 Å². The van der Waals surface area contributed by atoms with Gasteiger partial charge < -0.3 is 10.4 Å². The Morgan fingerprint density at radius 2 is 1.76 bits per heavy atom. The third-order valence-corrected chi connectivity index (χ3v) is 3.67. The summed E-state index contributed by atoms with van der Waals surface area (Å²) in [4.78, 5) is 23.2. The maximum absolute atomic E-state index is 12.3. The van der Waals surface area contributed by atoms with Crippen LogP contribution in [0, 0.1) is 13.8 Å². The van der Waals surface area contributed by atoms with Gasteiger partial charge in [-0.05, 0) is 65.2 Å². The molecular weight excluding hydrogens is 334 g/mol. The van der Waals surface area contributed by atoms with Crippen molar-refractivity contribution in [1.29, 1.82) is 0 Å². The molecule has 2 rings (SSSR count). The van der Waals surface area contributed by atoms with Crippen LogP contribution in [-0.4, -0.2) is 17.0 Å². The minimum absolute atomic E-state index is 0.0855. The normalized spacial score (nSPS) is 10.2. The molecule has 0 aliphatic heterocycles. The van der Waals surface area contributed by atoms with Crippen molar-refractivity contribution in [3.05, 3.63) is 63.1 Å². The van der Waals surface area contributed by atoms with Crippen LogP contribution in [0.5, 0.6) is 0 Å². The summed E-state index contributed by atoms with van der Waals surface area (Å²) in [6.07, 6.45) is 0. The van der Waals surface area contributed by atoms with Gasteiger partial charge in [-0.2, -0.15) is 0 Å². The fraction of sp³-hybridized carbons (Fsp3) is 0.125. The molecule has 5 heteroatoms. The van der Waals surface area contributed by atoms with Gasteiger partial charge in [-0.3, -0.25) is 4.79 Å². The highest BCUT2D eigenvalue weighted by molar-refractivity contribution is 9.10. The van der Waals surface area contributed by atoms with Crippen LogP contribution in [-0.2, 0) is 0 Å². The van der Waals surface area contributed by atoms with E-state index in [1.54, 1.807) is 12.1 Å². The molecule has 4 nitrogen and oxygen atoms in total. The number of benzene rings is 2. The summed E-state index contributed by atoms with van der Waals surface area (Å²) in [5.41, 5.74) is 3.10. The number of halogens is 1. The van der Waals surface area contributed by atoms with Gasteiger partial charge in [0.15, 0.2) is 0 Å². The molecule has 0 fully saturated rings. The van der Waals surface area contributed by atoms with Crippen LogP contribution < -0.4 is 5.32 Å². The molecule has 2 aromatic rings. The molecule has 21 heavy (non-hydrogen) atoms. The van der Waals surface area contributed by atoms with Crippen LogP contribution >= 0.6 is 15.9 Å². The molecule has 108 valence electrons. The summed E-state index contributed by atoms with van der Waals surface area (Å²) in [6.45, 7) is 3.88. The highest BCUT2D eigenvalue weighted by Crippen LogP contribution is 2.28. The number of aromatic carboxylic acids is 1. The van der Waals surface area contributed by atoms with Gasteiger partial charge in [-0.1, -0.05) is 12.1 Å². The number of carbonyl (C=O) groups is 2. The van der Waals surface area contributed by atoms with Crippen molar-refractivity contribution in [2.45, 2.75) is 13.8 Å². The standard InChI is InChI=1S/C16H14BrNO3/c1-9-6-10(2)14(13(17)7-9)18-15(19)11-4-3-5-12(8-11)16(20)21/h3-8H,1-2H3,(H,18,19)(H,20,21). The second-order valence-electron chi connectivity index (χ2n) is 4.78. The number of carbonyl (C=O) groups excluding carboxylic acids is 1. The maximum Gasteiger partial charge on any atom is 0.335 e. The van der Waals surface area contributed by atoms with Crippen LogP contribution in [0.3, 0.4) is 0 Å². The van der Waals surface area contributed by atoms with E-state index in [-0.39, 0.29) is 11.5 Å². The monoisotopic (exact) mass is 347 g/mol. The molecule has 0 radical (unpaired) electrons. The lowest BCUT2D eigenvalue weighted by Crippen LogP contribution is -2.14. The molecule has 0 aliphatic rings. The van der Waals surface area contributed by atoms with Crippen molar-refractivity contribution in [2.24, 2.45) is 0 Å². The fourth-order valence-electron chi connectivity index (χ4n) is 2.05. The van der Waals surface area contributed by atoms with Gasteiger partial charge in [-0.25, -0.2) is 4.79 Å². The quantitative estimate of drug-likeness (QED) is 0.881. The van der Waals surface area contributed by atoms with Gasteiger partial charge in [0.2, 0.25) is 0 Å². The van der Waals surface area contributed by atoms with E-state index in [1.165, 1.54) is 12.1 Å². The largest absolute Gasteiger partial charge is 0.478 e. The smallest absolute Gasteiger partial charge is 0.335 e. The zero-order valence-corrected chi connectivity index (χ0v) is 13.2. The third-order valence-electron chi connectivity index (χ3n) is 3.04. The van der Waals surface area contributed by atoms with Crippen molar-refractivity contribution in [2.75, 3.05) is 5.32 Å². The highest BCUT2D eigenvalue weighted by atomic mass is 79.9. The van der Waals surface area contributed by atoms with Gasteiger partial charge in [0.1, 0.15) is 0 Å². The second kappa shape index (κ2) is 6.10. The average Bonchev–Trinajstić information content (AvgIpc) is 2.42. The molecule has 0 saturated heterocycles. The zero-order valence-electron chi connectivity index (χ0n) is 11.6. The minimum atomic E-state index is -1.06. The Balaban J connectivity index is 2.30. The Morgan fingerprint density at radius 3 is 2.38 bits per heavy atom. The van der Waals surface area contributed by atoms with Crippen LogP contribution in [0.4, 0.5) is 5.69 Å². The molecule has 2 aromatic carbocycles. The highest BCUT2D eigenvalue weighted by Gasteiger charge is 2.13. The van der Waals surface area contributed by atoms with E-state index in [2.05, 4.69) is 21.2 Å². The Bertz CT molecular complexity index is 702. The molecule has 0 aromatic heterocycles. The number of nitrogens with one attached hydrogen (secondary N) is 1. The fourth-order valence-corrected chi connectivity index (χ4v) is 2.83. The average molecular weight is 348 g/mol. The lowest BCUT2D eigenvalue weighted by molar-refractivity contribution is 0.0697. The number of carboxylic acids is 1. The van der Waals surface area contributed by atoms with Crippen LogP contribution in [0.25, 0.3) is 0 Å². The van der Waals surface area contributed by atoms with Gasteiger partial charge in [0.25, 0.3) is 5.91 Å². The van der Waals surface area contributed by atoms with E-state index in [9.17, 15) is 9.59 Å². The topological polar surface area (TPSA) is 66.4 Å². The predicted octanol–water partition coefficient (Wildman–Crippen LogP) is 4.02. The Hall–Kier alpha value is -2.14. The molecule has 1 amide bonds. The lowest BCUT2D eigenvalue weighted by atomic mass is 10.1. The Kier molecular flexibility index (Phi) is 4.43. The van der Waals surface area contributed by atoms with Crippen LogP contribution in [0.15, 0.2) is 40.9 Å². The maximum atomic E-state index is 12.3. The molecule has 0 saturated carbocycles. The van der Waals surface area contributed by atoms with Crippen molar-refractivity contribution in [1.82, 2.24) is 0 Å². The molecular formula is C16H14BrNO3. The first-order valence-corrected chi connectivity index (χ1v) is 7.09. The third kappa shape index (κ3) is 3.49.